The van der Waals surface area contributed by atoms with Crippen molar-refractivity contribution in [2.75, 3.05) is 23.7 Å². The number of rotatable bonds is 3. The van der Waals surface area contributed by atoms with E-state index in [4.69, 9.17) is 0 Å². The molecule has 29 heavy (non-hydrogen) atoms. The molecule has 0 aromatic heterocycles. The van der Waals surface area contributed by atoms with Gasteiger partial charge in [0, 0.05) is 22.9 Å². The molecule has 4 rings (SSSR count). The average Bonchev–Trinajstić information content (AvgIpc) is 2.75. The molecule has 0 unspecified atom stereocenters. The molecule has 1 amide bonds. The Hall–Kier alpha value is -2.36. The largest absolute Gasteiger partial charge is 0.344 e. The highest BCUT2D eigenvalue weighted by molar-refractivity contribution is 8.03. The maximum Gasteiger partial charge on any atom is 0.229 e. The Morgan fingerprint density at radius 2 is 1.90 bits per heavy atom. The Morgan fingerprint density at radius 1 is 1.14 bits per heavy atom. The average molecular weight is 422 g/mol. The minimum Gasteiger partial charge on any atom is -0.344 e. The number of allylic oxidation sites excluding steroid dienone is 1. The summed E-state index contributed by atoms with van der Waals surface area (Å²) >= 11 is 3.27. The number of hydrogen-bond acceptors (Lipinski definition) is 5. The lowest BCUT2D eigenvalue weighted by molar-refractivity contribution is -0.129. The van der Waals surface area contributed by atoms with Crippen molar-refractivity contribution in [2.45, 2.75) is 31.1 Å². The zero-order chi connectivity index (χ0) is 20.5. The number of amides is 1. The van der Waals surface area contributed by atoms with Crippen LogP contribution in [0.15, 0.2) is 58.0 Å². The van der Waals surface area contributed by atoms with Crippen molar-refractivity contribution in [3.05, 3.63) is 69.8 Å². The smallest absolute Gasteiger partial charge is 0.229 e. The summed E-state index contributed by atoms with van der Waals surface area (Å²) in [6.45, 7) is 4.70. The lowest BCUT2D eigenvalue weighted by Crippen LogP contribution is -2.47. The van der Waals surface area contributed by atoms with Crippen molar-refractivity contribution < 1.29 is 4.79 Å². The summed E-state index contributed by atoms with van der Waals surface area (Å²) in [6, 6.07) is 17.0. The molecule has 2 heterocycles. The van der Waals surface area contributed by atoms with Crippen LogP contribution in [-0.2, 0) is 4.79 Å². The highest BCUT2D eigenvalue weighted by Crippen LogP contribution is 2.43. The van der Waals surface area contributed by atoms with Crippen molar-refractivity contribution in [3.63, 3.8) is 0 Å². The van der Waals surface area contributed by atoms with E-state index in [2.05, 4.69) is 55.1 Å². The van der Waals surface area contributed by atoms with E-state index in [1.165, 1.54) is 16.0 Å². The zero-order valence-electron chi connectivity index (χ0n) is 16.8. The molecule has 6 heteroatoms. The molecule has 1 saturated heterocycles. The van der Waals surface area contributed by atoms with Crippen LogP contribution in [0.25, 0.3) is 0 Å². The number of aryl methyl sites for hydroxylation is 2. The van der Waals surface area contributed by atoms with E-state index in [1.807, 2.05) is 18.4 Å². The summed E-state index contributed by atoms with van der Waals surface area (Å²) in [4.78, 5) is 18.2. The van der Waals surface area contributed by atoms with Crippen molar-refractivity contribution in [3.8, 4) is 6.07 Å². The molecule has 2 aliphatic heterocycles. The number of hydrogen-bond donors (Lipinski definition) is 0. The van der Waals surface area contributed by atoms with E-state index >= 15 is 0 Å². The number of anilines is 1. The van der Waals surface area contributed by atoms with Crippen molar-refractivity contribution in [2.24, 2.45) is 0 Å². The summed E-state index contributed by atoms with van der Waals surface area (Å²) < 4.78 is 0. The first-order valence-corrected chi connectivity index (χ1v) is 11.8. The molecular formula is C23H23N3OS2. The third-order valence-electron chi connectivity index (χ3n) is 5.67. The van der Waals surface area contributed by atoms with Crippen LogP contribution >= 0.6 is 23.5 Å². The van der Waals surface area contributed by atoms with E-state index < -0.39 is 0 Å². The Bertz CT molecular complexity index is 1020. The van der Waals surface area contributed by atoms with Gasteiger partial charge in [0.15, 0.2) is 0 Å². The predicted molar refractivity (Wildman–Crippen MR) is 121 cm³/mol. The molecule has 0 saturated carbocycles. The van der Waals surface area contributed by atoms with Crippen LogP contribution in [0, 0.1) is 25.2 Å². The van der Waals surface area contributed by atoms with Crippen LogP contribution in [0.5, 0.6) is 0 Å². The van der Waals surface area contributed by atoms with Crippen LogP contribution in [0.1, 0.15) is 29.0 Å². The second-order valence-corrected chi connectivity index (χ2v) is 9.22. The molecule has 4 nitrogen and oxygen atoms in total. The molecule has 0 bridgehead atoms. The molecule has 0 aliphatic carbocycles. The highest BCUT2D eigenvalue weighted by Gasteiger charge is 2.38. The molecule has 0 N–H and O–H groups in total. The standard InChI is InChI=1S/C23H23N3OS2/c1-15-4-7-18(10-16(15)2)25-13-26-22(27)11-20(21(12-24)23(26)29-14-25)17-5-8-19(28-3)9-6-17/h4-10,20H,11,13-14H2,1-3H3/t20-/m0/s1. The normalized spacial score (nSPS) is 19.2. The van der Waals surface area contributed by atoms with Gasteiger partial charge in [-0.05, 0) is 61.1 Å². The number of fused-ring (bicyclic) bond motifs is 1. The fraction of sp³-hybridized carbons (Fsp3) is 0.304. The fourth-order valence-electron chi connectivity index (χ4n) is 3.77. The predicted octanol–water partition coefficient (Wildman–Crippen LogP) is 5.24. The van der Waals surface area contributed by atoms with Gasteiger partial charge in [0.1, 0.15) is 0 Å². The Morgan fingerprint density at radius 3 is 2.55 bits per heavy atom. The van der Waals surface area contributed by atoms with E-state index in [1.54, 1.807) is 28.4 Å². The van der Waals surface area contributed by atoms with Gasteiger partial charge in [0.05, 0.1) is 29.2 Å². The van der Waals surface area contributed by atoms with Crippen LogP contribution in [-0.4, -0.2) is 29.6 Å². The van der Waals surface area contributed by atoms with Gasteiger partial charge in [-0.3, -0.25) is 9.69 Å². The quantitative estimate of drug-likeness (QED) is 0.634. The molecule has 0 radical (unpaired) electrons. The van der Waals surface area contributed by atoms with Gasteiger partial charge in [-0.2, -0.15) is 5.26 Å². The third kappa shape index (κ3) is 3.77. The first-order chi connectivity index (χ1) is 14.0. The van der Waals surface area contributed by atoms with Crippen molar-refractivity contribution in [1.29, 1.82) is 5.26 Å². The van der Waals surface area contributed by atoms with Gasteiger partial charge in [0.25, 0.3) is 0 Å². The molecule has 2 aliphatic rings. The zero-order valence-corrected chi connectivity index (χ0v) is 18.4. The van der Waals surface area contributed by atoms with Gasteiger partial charge >= 0.3 is 0 Å². The summed E-state index contributed by atoms with van der Waals surface area (Å²) in [5, 5.41) is 10.7. The first kappa shape index (κ1) is 19.9. The molecule has 2 aromatic rings. The van der Waals surface area contributed by atoms with Gasteiger partial charge < -0.3 is 4.90 Å². The van der Waals surface area contributed by atoms with E-state index in [-0.39, 0.29) is 11.8 Å². The van der Waals surface area contributed by atoms with Crippen LogP contribution in [0.2, 0.25) is 0 Å². The minimum atomic E-state index is -0.157. The number of benzene rings is 2. The van der Waals surface area contributed by atoms with Crippen molar-refractivity contribution in [1.82, 2.24) is 4.90 Å². The second kappa shape index (κ2) is 8.17. The fourth-order valence-corrected chi connectivity index (χ4v) is 5.34. The number of nitriles is 1. The van der Waals surface area contributed by atoms with Gasteiger partial charge in [-0.15, -0.1) is 11.8 Å². The molecule has 148 valence electrons. The summed E-state index contributed by atoms with van der Waals surface area (Å²) in [6.07, 6.45) is 2.38. The maximum absolute atomic E-state index is 13.0. The third-order valence-corrected chi connectivity index (χ3v) is 7.57. The van der Waals surface area contributed by atoms with Crippen LogP contribution in [0.3, 0.4) is 0 Å². The summed E-state index contributed by atoms with van der Waals surface area (Å²) in [5.74, 6) is 0.652. The summed E-state index contributed by atoms with van der Waals surface area (Å²) in [5.41, 5.74) is 5.37. The highest BCUT2D eigenvalue weighted by atomic mass is 32.2. The van der Waals surface area contributed by atoms with E-state index in [0.29, 0.717) is 18.7 Å². The number of carbonyl (C=O) groups excluding carboxylic acids is 1. The van der Waals surface area contributed by atoms with E-state index in [0.717, 1.165) is 22.2 Å². The first-order valence-electron chi connectivity index (χ1n) is 9.55. The molecule has 1 atom stereocenters. The van der Waals surface area contributed by atoms with Gasteiger partial charge in [0.2, 0.25) is 5.91 Å². The Balaban J connectivity index is 1.64. The van der Waals surface area contributed by atoms with Crippen LogP contribution in [0.4, 0.5) is 5.69 Å². The van der Waals surface area contributed by atoms with Gasteiger partial charge in [-0.1, -0.05) is 30.0 Å². The lowest BCUT2D eigenvalue weighted by Gasteiger charge is -2.42. The summed E-state index contributed by atoms with van der Waals surface area (Å²) in [7, 11) is 0. The van der Waals surface area contributed by atoms with Crippen LogP contribution < -0.4 is 4.90 Å². The Kier molecular flexibility index (Phi) is 5.62. The number of nitrogens with zero attached hydrogens (tertiary/aromatic N) is 3. The van der Waals surface area contributed by atoms with Crippen molar-refractivity contribution >= 4 is 35.1 Å². The number of thioether (sulfide) groups is 2. The second-order valence-electron chi connectivity index (χ2n) is 7.41. The van der Waals surface area contributed by atoms with Gasteiger partial charge in [-0.25, -0.2) is 0 Å². The minimum absolute atomic E-state index is 0.0824. The SMILES string of the molecule is CSc1ccc([C@@H]2CC(=O)N3CN(c4ccc(C)c(C)c4)CSC3=C2C#N)cc1. The molecule has 1 fully saturated rings. The molecule has 0 spiro atoms. The Labute approximate surface area is 180 Å². The topological polar surface area (TPSA) is 47.3 Å². The number of carbonyl (C=O) groups is 1. The molecular weight excluding hydrogens is 398 g/mol. The molecule has 2 aromatic carbocycles. The van der Waals surface area contributed by atoms with E-state index in [9.17, 15) is 10.1 Å². The lowest BCUT2D eigenvalue weighted by atomic mass is 9.86. The monoisotopic (exact) mass is 421 g/mol. The maximum atomic E-state index is 13.0.